The van der Waals surface area contributed by atoms with Gasteiger partial charge in [-0.2, -0.15) is 0 Å². The van der Waals surface area contributed by atoms with E-state index in [0.29, 0.717) is 34.0 Å². The molecule has 0 amide bonds. The lowest BCUT2D eigenvalue weighted by Gasteiger charge is -2.68. The standard InChI is InChI=1S/C31H42N2O2/c1-27-6-3-7-30-23(27)5-9-29-18-21(17-28-8-4-22(34)16-26(28)32(2)11-10-28)20(14-24(29)30)15-25(29)31(30)33(19-27)12-13-35-31/h4,8,18,20,23-26H,3,5-7,9-17,19H2,1-2H3. The number of nitrogens with zero attached hydrogens (tertiary/aromatic N) is 2. The van der Waals surface area contributed by atoms with E-state index in [1.165, 1.54) is 70.9 Å². The monoisotopic (exact) mass is 474 g/mol. The third-order valence-corrected chi connectivity index (χ3v) is 14.1. The maximum Gasteiger partial charge on any atom is 0.156 e. The Hall–Kier alpha value is -0.970. The van der Waals surface area contributed by atoms with Crippen molar-refractivity contribution in [2.45, 2.75) is 82.9 Å². The van der Waals surface area contributed by atoms with Crippen LogP contribution in [0.15, 0.2) is 23.8 Å². The van der Waals surface area contributed by atoms with Gasteiger partial charge in [0.1, 0.15) is 5.72 Å². The van der Waals surface area contributed by atoms with Gasteiger partial charge in [-0.15, -0.1) is 0 Å². The van der Waals surface area contributed by atoms with Crippen LogP contribution in [0.1, 0.15) is 71.1 Å². The van der Waals surface area contributed by atoms with Crippen molar-refractivity contribution in [3.8, 4) is 0 Å². The van der Waals surface area contributed by atoms with E-state index in [2.05, 4.69) is 35.9 Å². The molecule has 7 fully saturated rings. The van der Waals surface area contributed by atoms with Crippen LogP contribution < -0.4 is 0 Å². The number of rotatable bonds is 2. The summed E-state index contributed by atoms with van der Waals surface area (Å²) in [5, 5.41) is 0. The van der Waals surface area contributed by atoms with Crippen LogP contribution in [-0.4, -0.2) is 60.6 Å². The van der Waals surface area contributed by atoms with E-state index in [4.69, 9.17) is 4.74 Å². The quantitative estimate of drug-likeness (QED) is 0.538. The maximum absolute atomic E-state index is 12.3. The van der Waals surface area contributed by atoms with Crippen LogP contribution in [0, 0.1) is 45.3 Å². The minimum Gasteiger partial charge on any atom is -0.358 e. The molecule has 10 aliphatic rings. The number of likely N-dealkylation sites (tertiary alicyclic amines) is 1. The molecule has 0 radical (unpaired) electrons. The summed E-state index contributed by atoms with van der Waals surface area (Å²) < 4.78 is 7.15. The Morgan fingerprint density at radius 1 is 1.09 bits per heavy atom. The van der Waals surface area contributed by atoms with Gasteiger partial charge in [-0.25, -0.2) is 0 Å². The SMILES string of the molecule is CN1CCC2(CC3=CC45CCC6C7(C)CCCC68C4CC3CC5C83OCCN3C7)C=CC(=O)CC12. The van der Waals surface area contributed by atoms with E-state index in [9.17, 15) is 4.79 Å². The normalized spacial score (nSPS) is 59.5. The van der Waals surface area contributed by atoms with Gasteiger partial charge in [-0.1, -0.05) is 31.1 Å². The van der Waals surface area contributed by atoms with Crippen LogP contribution in [0.3, 0.4) is 0 Å². The molecule has 0 N–H and O–H groups in total. The fraction of sp³-hybridized carbons (Fsp3) is 0.839. The van der Waals surface area contributed by atoms with Gasteiger partial charge < -0.3 is 9.64 Å². The largest absolute Gasteiger partial charge is 0.358 e. The zero-order valence-corrected chi connectivity index (χ0v) is 21.7. The van der Waals surface area contributed by atoms with E-state index in [-0.39, 0.29) is 11.1 Å². The number of ketones is 1. The highest BCUT2D eigenvalue weighted by atomic mass is 16.5. The highest BCUT2D eigenvalue weighted by Gasteiger charge is 2.86. The number of hydrogen-bond acceptors (Lipinski definition) is 4. The van der Waals surface area contributed by atoms with Crippen LogP contribution in [0.5, 0.6) is 0 Å². The van der Waals surface area contributed by atoms with Crippen LogP contribution in [0.4, 0.5) is 0 Å². The smallest absolute Gasteiger partial charge is 0.156 e. The molecule has 4 heteroatoms. The predicted molar refractivity (Wildman–Crippen MR) is 134 cm³/mol. The molecule has 3 aliphatic heterocycles. The highest BCUT2D eigenvalue weighted by Crippen LogP contribution is 2.86. The molecule has 3 saturated heterocycles. The van der Waals surface area contributed by atoms with E-state index in [1.807, 2.05) is 6.08 Å². The first-order chi connectivity index (χ1) is 16.9. The van der Waals surface area contributed by atoms with Crippen molar-refractivity contribution in [3.63, 3.8) is 0 Å². The predicted octanol–water partition coefficient (Wildman–Crippen LogP) is 4.81. The second-order valence-corrected chi connectivity index (χ2v) is 14.9. The minimum atomic E-state index is 0.0428. The number of fused-ring (bicyclic) bond motifs is 1. The van der Waals surface area contributed by atoms with Gasteiger partial charge in [0.25, 0.3) is 0 Å². The molecule has 4 nitrogen and oxygen atoms in total. The summed E-state index contributed by atoms with van der Waals surface area (Å²) in [7, 11) is 2.25. The van der Waals surface area contributed by atoms with E-state index < -0.39 is 0 Å². The summed E-state index contributed by atoms with van der Waals surface area (Å²) in [5.41, 5.74) is 3.28. The van der Waals surface area contributed by atoms with Gasteiger partial charge in [0.05, 0.1) is 6.61 Å². The highest BCUT2D eigenvalue weighted by molar-refractivity contribution is 5.91. The van der Waals surface area contributed by atoms with Crippen molar-refractivity contribution in [2.24, 2.45) is 45.3 Å². The van der Waals surface area contributed by atoms with E-state index in [1.54, 1.807) is 5.57 Å². The van der Waals surface area contributed by atoms with Crippen LogP contribution in [0.25, 0.3) is 0 Å². The fourth-order valence-corrected chi connectivity index (χ4v) is 13.3. The molecular formula is C31H42N2O2. The molecule has 10 rings (SSSR count). The van der Waals surface area contributed by atoms with Crippen LogP contribution in [0.2, 0.25) is 0 Å². The van der Waals surface area contributed by atoms with E-state index >= 15 is 0 Å². The van der Waals surface area contributed by atoms with Gasteiger partial charge in [0.2, 0.25) is 0 Å². The Morgan fingerprint density at radius 2 is 1.97 bits per heavy atom. The van der Waals surface area contributed by atoms with Gasteiger partial charge in [0.15, 0.2) is 5.78 Å². The number of piperidine rings is 1. The summed E-state index contributed by atoms with van der Waals surface area (Å²) in [5.74, 6) is 3.49. The Labute approximate surface area is 210 Å². The topological polar surface area (TPSA) is 32.8 Å². The Balaban J connectivity index is 1.18. The molecule has 0 aromatic rings. The average molecular weight is 475 g/mol. The lowest BCUT2D eigenvalue weighted by atomic mass is 9.40. The summed E-state index contributed by atoms with van der Waals surface area (Å²) in [4.78, 5) is 17.7. The molecular weight excluding hydrogens is 432 g/mol. The molecule has 7 aliphatic carbocycles. The third kappa shape index (κ3) is 2.07. The lowest BCUT2D eigenvalue weighted by Crippen LogP contribution is -2.71. The summed E-state index contributed by atoms with van der Waals surface area (Å²) >= 11 is 0. The molecule has 3 spiro atoms. The maximum atomic E-state index is 12.3. The van der Waals surface area contributed by atoms with Crippen molar-refractivity contribution in [1.29, 1.82) is 0 Å². The van der Waals surface area contributed by atoms with Gasteiger partial charge in [-0.05, 0) is 99.6 Å². The van der Waals surface area contributed by atoms with Crippen molar-refractivity contribution >= 4 is 5.78 Å². The fourth-order valence-electron chi connectivity index (χ4n) is 13.3. The Morgan fingerprint density at radius 3 is 2.89 bits per heavy atom. The average Bonchev–Trinajstić information content (AvgIpc) is 3.40. The molecule has 10 atom stereocenters. The second-order valence-electron chi connectivity index (χ2n) is 14.9. The Bertz CT molecular complexity index is 1100. The molecule has 4 saturated carbocycles. The number of carbonyl (C=O) groups excluding carboxylic acids is 1. The van der Waals surface area contributed by atoms with Gasteiger partial charge in [0, 0.05) is 42.3 Å². The lowest BCUT2D eigenvalue weighted by molar-refractivity contribution is -0.279. The number of carbonyl (C=O) groups is 1. The molecule has 6 bridgehead atoms. The number of allylic oxidation sites excluding steroid dienone is 3. The van der Waals surface area contributed by atoms with Crippen molar-refractivity contribution in [2.75, 3.05) is 33.3 Å². The summed E-state index contributed by atoms with van der Waals surface area (Å²) in [6.45, 7) is 7.20. The number of ether oxygens (including phenoxy) is 1. The van der Waals surface area contributed by atoms with Crippen LogP contribution in [-0.2, 0) is 9.53 Å². The molecule has 0 aromatic carbocycles. The molecule has 188 valence electrons. The molecule has 35 heavy (non-hydrogen) atoms. The van der Waals surface area contributed by atoms with Crippen molar-refractivity contribution in [3.05, 3.63) is 23.8 Å². The van der Waals surface area contributed by atoms with Gasteiger partial charge >= 0.3 is 0 Å². The molecule has 3 heterocycles. The zero-order chi connectivity index (χ0) is 23.4. The summed E-state index contributed by atoms with van der Waals surface area (Å²) in [6.07, 6.45) is 20.2. The van der Waals surface area contributed by atoms with E-state index in [0.717, 1.165) is 37.3 Å². The Kier molecular flexibility index (Phi) is 3.71. The van der Waals surface area contributed by atoms with Crippen molar-refractivity contribution < 1.29 is 9.53 Å². The minimum absolute atomic E-state index is 0.0428. The zero-order valence-electron chi connectivity index (χ0n) is 21.7. The van der Waals surface area contributed by atoms with Crippen molar-refractivity contribution in [1.82, 2.24) is 9.80 Å². The molecule has 0 aromatic heterocycles. The molecule has 10 unspecified atom stereocenters. The second kappa shape index (κ2) is 6.18. The first kappa shape index (κ1) is 21.0. The first-order valence-corrected chi connectivity index (χ1v) is 14.9. The van der Waals surface area contributed by atoms with Gasteiger partial charge in [-0.3, -0.25) is 9.69 Å². The number of hydrogen-bond donors (Lipinski definition) is 0. The summed E-state index contributed by atoms with van der Waals surface area (Å²) in [6, 6.07) is 0.402. The van der Waals surface area contributed by atoms with Crippen LogP contribution >= 0.6 is 0 Å². The third-order valence-electron chi connectivity index (χ3n) is 14.1. The first-order valence-electron chi connectivity index (χ1n) is 14.9.